The second-order valence-corrected chi connectivity index (χ2v) is 8.27. The lowest BCUT2D eigenvalue weighted by Gasteiger charge is -2.37. The SMILES string of the molecule is Cl.N#CC(c1cccnc1)N1CCN(C(=O)CNC(Cc2ccccc2)c2ccccc2)CC1. The topological polar surface area (TPSA) is 72.3 Å². The van der Waals surface area contributed by atoms with Gasteiger partial charge in [0.15, 0.2) is 0 Å². The number of nitrogens with zero attached hydrogens (tertiary/aromatic N) is 4. The Morgan fingerprint density at radius 2 is 1.59 bits per heavy atom. The van der Waals surface area contributed by atoms with E-state index in [0.717, 1.165) is 12.0 Å². The highest BCUT2D eigenvalue weighted by Gasteiger charge is 2.27. The van der Waals surface area contributed by atoms with Crippen molar-refractivity contribution in [1.29, 1.82) is 5.26 Å². The molecule has 0 aliphatic carbocycles. The molecule has 2 heterocycles. The fourth-order valence-electron chi connectivity index (χ4n) is 4.30. The molecule has 1 aliphatic rings. The third-order valence-electron chi connectivity index (χ3n) is 6.14. The number of nitrogens with one attached hydrogen (secondary N) is 1. The van der Waals surface area contributed by atoms with E-state index < -0.39 is 0 Å². The zero-order chi connectivity index (χ0) is 22.9. The molecular formula is C27H30ClN5O. The van der Waals surface area contributed by atoms with Gasteiger partial charge in [0.05, 0.1) is 12.6 Å². The summed E-state index contributed by atoms with van der Waals surface area (Å²) in [6, 6.07) is 26.5. The lowest BCUT2D eigenvalue weighted by atomic mass is 9.99. The summed E-state index contributed by atoms with van der Waals surface area (Å²) in [4.78, 5) is 21.1. The normalized spacial score (nSPS) is 15.6. The van der Waals surface area contributed by atoms with Gasteiger partial charge in [0.2, 0.25) is 5.91 Å². The van der Waals surface area contributed by atoms with Crippen LogP contribution in [0, 0.1) is 11.3 Å². The molecule has 1 N–H and O–H groups in total. The number of amides is 1. The standard InChI is InChI=1S/C27H29N5O.ClH/c28-19-26(24-12-7-13-29-20-24)31-14-16-32(17-15-31)27(33)21-30-25(23-10-5-2-6-11-23)18-22-8-3-1-4-9-22;/h1-13,20,25-26,30H,14-18,21H2;1H. The van der Waals surface area contributed by atoms with Crippen LogP contribution in [-0.4, -0.2) is 53.4 Å². The van der Waals surface area contributed by atoms with Crippen molar-refractivity contribution in [2.75, 3.05) is 32.7 Å². The second kappa shape index (κ2) is 12.9. The highest BCUT2D eigenvalue weighted by Crippen LogP contribution is 2.21. The Bertz CT molecular complexity index is 1050. The Kier molecular flexibility index (Phi) is 9.60. The number of carbonyl (C=O) groups is 1. The first-order valence-electron chi connectivity index (χ1n) is 11.4. The van der Waals surface area contributed by atoms with Crippen molar-refractivity contribution in [1.82, 2.24) is 20.1 Å². The van der Waals surface area contributed by atoms with Gasteiger partial charge in [-0.2, -0.15) is 5.26 Å². The van der Waals surface area contributed by atoms with E-state index in [-0.39, 0.29) is 36.9 Å². The average Bonchev–Trinajstić information content (AvgIpc) is 2.89. The molecular weight excluding hydrogens is 446 g/mol. The molecule has 6 nitrogen and oxygen atoms in total. The van der Waals surface area contributed by atoms with Crippen LogP contribution in [0.5, 0.6) is 0 Å². The maximum atomic E-state index is 13.0. The van der Waals surface area contributed by atoms with Crippen molar-refractivity contribution in [2.24, 2.45) is 0 Å². The first-order valence-corrected chi connectivity index (χ1v) is 11.4. The van der Waals surface area contributed by atoms with E-state index in [2.05, 4.69) is 45.5 Å². The zero-order valence-corrected chi connectivity index (χ0v) is 19.9. The number of carbonyl (C=O) groups excluding carboxylic acids is 1. The molecule has 176 valence electrons. The van der Waals surface area contributed by atoms with Crippen molar-refractivity contribution in [3.8, 4) is 6.07 Å². The van der Waals surface area contributed by atoms with Crippen LogP contribution < -0.4 is 5.32 Å². The van der Waals surface area contributed by atoms with Crippen LogP contribution in [0.3, 0.4) is 0 Å². The van der Waals surface area contributed by atoms with Gasteiger partial charge in [0, 0.05) is 50.2 Å². The molecule has 0 bridgehead atoms. The summed E-state index contributed by atoms with van der Waals surface area (Å²) in [6.45, 7) is 2.87. The molecule has 1 fully saturated rings. The van der Waals surface area contributed by atoms with Crippen LogP contribution in [0.25, 0.3) is 0 Å². The largest absolute Gasteiger partial charge is 0.339 e. The Morgan fingerprint density at radius 1 is 0.941 bits per heavy atom. The maximum Gasteiger partial charge on any atom is 0.236 e. The van der Waals surface area contributed by atoms with Crippen LogP contribution >= 0.6 is 12.4 Å². The van der Waals surface area contributed by atoms with Crippen molar-refractivity contribution < 1.29 is 4.79 Å². The van der Waals surface area contributed by atoms with E-state index in [0.29, 0.717) is 26.2 Å². The van der Waals surface area contributed by atoms with Gasteiger partial charge in [-0.15, -0.1) is 12.4 Å². The first kappa shape index (κ1) is 25.4. The van der Waals surface area contributed by atoms with Crippen molar-refractivity contribution >= 4 is 18.3 Å². The van der Waals surface area contributed by atoms with Gasteiger partial charge in [0.1, 0.15) is 6.04 Å². The number of halogens is 1. The second-order valence-electron chi connectivity index (χ2n) is 8.27. The number of piperazine rings is 1. The average molecular weight is 476 g/mol. The molecule has 2 aromatic carbocycles. The van der Waals surface area contributed by atoms with E-state index in [1.54, 1.807) is 12.4 Å². The molecule has 1 saturated heterocycles. The summed E-state index contributed by atoms with van der Waals surface area (Å²) in [5, 5.41) is 13.2. The number of nitriles is 1. The summed E-state index contributed by atoms with van der Waals surface area (Å²) in [6.07, 6.45) is 4.27. The summed E-state index contributed by atoms with van der Waals surface area (Å²) in [5.41, 5.74) is 3.30. The highest BCUT2D eigenvalue weighted by atomic mass is 35.5. The van der Waals surface area contributed by atoms with Crippen LogP contribution in [0.1, 0.15) is 28.8 Å². The third kappa shape index (κ3) is 6.64. The van der Waals surface area contributed by atoms with E-state index in [1.807, 2.05) is 53.4 Å². The predicted molar refractivity (Wildman–Crippen MR) is 135 cm³/mol. The summed E-state index contributed by atoms with van der Waals surface area (Å²) in [5.74, 6) is 0.0959. The molecule has 1 amide bonds. The number of pyridine rings is 1. The summed E-state index contributed by atoms with van der Waals surface area (Å²) in [7, 11) is 0. The van der Waals surface area contributed by atoms with Gasteiger partial charge in [0.25, 0.3) is 0 Å². The number of rotatable bonds is 8. The van der Waals surface area contributed by atoms with Gasteiger partial charge < -0.3 is 10.2 Å². The summed E-state index contributed by atoms with van der Waals surface area (Å²) < 4.78 is 0. The molecule has 0 spiro atoms. The van der Waals surface area contributed by atoms with Crippen molar-refractivity contribution in [3.05, 3.63) is 102 Å². The van der Waals surface area contributed by atoms with Crippen molar-refractivity contribution in [3.63, 3.8) is 0 Å². The third-order valence-corrected chi connectivity index (χ3v) is 6.14. The molecule has 1 aliphatic heterocycles. The minimum atomic E-state index is -0.331. The maximum absolute atomic E-state index is 13.0. The van der Waals surface area contributed by atoms with E-state index >= 15 is 0 Å². The number of hydrogen-bond acceptors (Lipinski definition) is 5. The minimum Gasteiger partial charge on any atom is -0.339 e. The Balaban J connectivity index is 0.00000324. The number of aromatic nitrogens is 1. The highest BCUT2D eigenvalue weighted by molar-refractivity contribution is 5.85. The molecule has 3 aromatic rings. The Labute approximate surface area is 207 Å². The summed E-state index contributed by atoms with van der Waals surface area (Å²) >= 11 is 0. The van der Waals surface area contributed by atoms with Gasteiger partial charge in [-0.3, -0.25) is 14.7 Å². The van der Waals surface area contributed by atoms with E-state index in [4.69, 9.17) is 0 Å². The van der Waals surface area contributed by atoms with Crippen LogP contribution in [0.2, 0.25) is 0 Å². The molecule has 0 radical (unpaired) electrons. The zero-order valence-electron chi connectivity index (χ0n) is 19.1. The minimum absolute atomic E-state index is 0. The van der Waals surface area contributed by atoms with Gasteiger partial charge in [-0.05, 0) is 23.6 Å². The molecule has 7 heteroatoms. The molecule has 2 unspecified atom stereocenters. The first-order chi connectivity index (χ1) is 16.2. The predicted octanol–water partition coefficient (Wildman–Crippen LogP) is 3.79. The van der Waals surface area contributed by atoms with Gasteiger partial charge in [-0.25, -0.2) is 0 Å². The number of benzene rings is 2. The van der Waals surface area contributed by atoms with E-state index in [1.165, 1.54) is 11.1 Å². The Morgan fingerprint density at radius 3 is 2.21 bits per heavy atom. The lowest BCUT2D eigenvalue weighted by Crippen LogP contribution is -2.51. The lowest BCUT2D eigenvalue weighted by molar-refractivity contribution is -0.132. The fraction of sp³-hybridized carbons (Fsp3) is 0.296. The molecule has 1 aromatic heterocycles. The van der Waals surface area contributed by atoms with Crippen LogP contribution in [-0.2, 0) is 11.2 Å². The Hall–Kier alpha value is -3.24. The number of hydrogen-bond donors (Lipinski definition) is 1. The molecule has 4 rings (SSSR count). The molecule has 0 saturated carbocycles. The fourth-order valence-corrected chi connectivity index (χ4v) is 4.30. The van der Waals surface area contributed by atoms with Crippen LogP contribution in [0.4, 0.5) is 0 Å². The smallest absolute Gasteiger partial charge is 0.236 e. The van der Waals surface area contributed by atoms with Gasteiger partial charge >= 0.3 is 0 Å². The van der Waals surface area contributed by atoms with E-state index in [9.17, 15) is 10.1 Å². The van der Waals surface area contributed by atoms with Gasteiger partial charge in [-0.1, -0.05) is 66.7 Å². The molecule has 2 atom stereocenters. The quantitative estimate of drug-likeness (QED) is 0.536. The monoisotopic (exact) mass is 475 g/mol. The van der Waals surface area contributed by atoms with Crippen molar-refractivity contribution in [2.45, 2.75) is 18.5 Å². The molecule has 34 heavy (non-hydrogen) atoms. The van der Waals surface area contributed by atoms with Crippen LogP contribution in [0.15, 0.2) is 85.2 Å².